The molecule has 0 saturated heterocycles. The summed E-state index contributed by atoms with van der Waals surface area (Å²) in [6.07, 6.45) is 6.58. The maximum absolute atomic E-state index is 5.60. The standard InChI is InChI=1S/C9H15BN/c1-4-8(10-3)6-7-9(11)5-2/h4,6-7H,1,5,11H2,2-3H3/b8-6+,9-7-. The fourth-order valence-corrected chi connectivity index (χ4v) is 0.603. The van der Waals surface area contributed by atoms with Gasteiger partial charge >= 0.3 is 0 Å². The summed E-state index contributed by atoms with van der Waals surface area (Å²) in [6, 6.07) is 0. The van der Waals surface area contributed by atoms with E-state index in [0.717, 1.165) is 17.6 Å². The van der Waals surface area contributed by atoms with Crippen molar-refractivity contribution in [2.75, 3.05) is 0 Å². The van der Waals surface area contributed by atoms with Gasteiger partial charge in [-0.15, -0.1) is 0 Å². The highest BCUT2D eigenvalue weighted by atomic mass is 14.6. The van der Waals surface area contributed by atoms with E-state index >= 15 is 0 Å². The van der Waals surface area contributed by atoms with Gasteiger partial charge in [-0.2, -0.15) is 0 Å². The topological polar surface area (TPSA) is 26.0 Å². The zero-order chi connectivity index (χ0) is 8.69. The molecule has 0 unspecified atom stereocenters. The van der Waals surface area contributed by atoms with Gasteiger partial charge in [-0.05, 0) is 12.5 Å². The second-order valence-corrected chi connectivity index (χ2v) is 2.25. The van der Waals surface area contributed by atoms with Gasteiger partial charge in [0.1, 0.15) is 7.28 Å². The van der Waals surface area contributed by atoms with Crippen molar-refractivity contribution in [2.24, 2.45) is 5.73 Å². The molecule has 0 bridgehead atoms. The van der Waals surface area contributed by atoms with E-state index < -0.39 is 0 Å². The summed E-state index contributed by atoms with van der Waals surface area (Å²) >= 11 is 0. The van der Waals surface area contributed by atoms with E-state index in [-0.39, 0.29) is 0 Å². The minimum Gasteiger partial charge on any atom is -0.402 e. The molecule has 0 heterocycles. The number of hydrogen-bond donors (Lipinski definition) is 1. The highest BCUT2D eigenvalue weighted by Gasteiger charge is 1.85. The van der Waals surface area contributed by atoms with E-state index in [0.29, 0.717) is 0 Å². The first-order valence-electron chi connectivity index (χ1n) is 3.82. The summed E-state index contributed by atoms with van der Waals surface area (Å²) in [5, 5.41) is 0. The van der Waals surface area contributed by atoms with Gasteiger partial charge in [0.15, 0.2) is 0 Å². The average Bonchev–Trinajstić information content (AvgIpc) is 2.06. The van der Waals surface area contributed by atoms with Gasteiger partial charge in [0, 0.05) is 5.70 Å². The van der Waals surface area contributed by atoms with Crippen LogP contribution >= 0.6 is 0 Å². The SMILES string of the molecule is C=C/C([B]C)=C\C=C(/N)CC. The molecule has 0 aromatic rings. The Hall–Kier alpha value is -0.915. The minimum atomic E-state index is 0.893. The molecule has 0 atom stereocenters. The van der Waals surface area contributed by atoms with E-state index in [1.165, 1.54) is 0 Å². The van der Waals surface area contributed by atoms with Crippen molar-refractivity contribution >= 4 is 7.28 Å². The molecule has 1 radical (unpaired) electrons. The fraction of sp³-hybridized carbons (Fsp3) is 0.333. The molecule has 2 heteroatoms. The molecule has 11 heavy (non-hydrogen) atoms. The summed E-state index contributed by atoms with van der Waals surface area (Å²) in [5.41, 5.74) is 7.59. The second-order valence-electron chi connectivity index (χ2n) is 2.25. The van der Waals surface area contributed by atoms with E-state index in [1.807, 2.05) is 33.2 Å². The van der Waals surface area contributed by atoms with E-state index in [2.05, 4.69) is 6.58 Å². The van der Waals surface area contributed by atoms with Crippen LogP contribution in [0.5, 0.6) is 0 Å². The van der Waals surface area contributed by atoms with E-state index in [1.54, 1.807) is 6.08 Å². The normalized spacial score (nSPS) is 12.9. The van der Waals surface area contributed by atoms with Crippen LogP contribution in [-0.2, 0) is 0 Å². The Morgan fingerprint density at radius 3 is 2.55 bits per heavy atom. The molecule has 2 N–H and O–H groups in total. The zero-order valence-corrected chi connectivity index (χ0v) is 7.30. The van der Waals surface area contributed by atoms with Gasteiger partial charge in [0.05, 0.1) is 0 Å². The Balaban J connectivity index is 4.17. The Bertz CT molecular complexity index is 180. The summed E-state index contributed by atoms with van der Waals surface area (Å²) < 4.78 is 0. The van der Waals surface area contributed by atoms with E-state index in [4.69, 9.17) is 5.73 Å². The van der Waals surface area contributed by atoms with Gasteiger partial charge in [0.2, 0.25) is 0 Å². The molecule has 59 valence electrons. The maximum Gasteiger partial charge on any atom is 0.148 e. The van der Waals surface area contributed by atoms with Gasteiger partial charge in [-0.3, -0.25) is 0 Å². The zero-order valence-electron chi connectivity index (χ0n) is 7.30. The van der Waals surface area contributed by atoms with E-state index in [9.17, 15) is 0 Å². The van der Waals surface area contributed by atoms with Crippen LogP contribution in [0.1, 0.15) is 13.3 Å². The van der Waals surface area contributed by atoms with Crippen LogP contribution < -0.4 is 5.73 Å². The van der Waals surface area contributed by atoms with Crippen molar-refractivity contribution in [3.63, 3.8) is 0 Å². The van der Waals surface area contributed by atoms with Crippen LogP contribution in [0.4, 0.5) is 0 Å². The predicted molar refractivity (Wildman–Crippen MR) is 52.5 cm³/mol. The van der Waals surface area contributed by atoms with Crippen LogP contribution in [0.25, 0.3) is 0 Å². The Morgan fingerprint density at radius 2 is 2.18 bits per heavy atom. The van der Waals surface area contributed by atoms with Crippen molar-refractivity contribution in [2.45, 2.75) is 20.2 Å². The monoisotopic (exact) mass is 148 g/mol. The second kappa shape index (κ2) is 5.84. The largest absolute Gasteiger partial charge is 0.402 e. The first-order chi connectivity index (χ1) is 5.24. The Labute approximate surface area is 69.9 Å². The quantitative estimate of drug-likeness (QED) is 0.479. The number of allylic oxidation sites excluding steroid dienone is 5. The van der Waals surface area contributed by atoms with Gasteiger partial charge in [-0.25, -0.2) is 0 Å². The maximum atomic E-state index is 5.60. The van der Waals surface area contributed by atoms with Crippen molar-refractivity contribution in [3.8, 4) is 0 Å². The molecular weight excluding hydrogens is 133 g/mol. The highest BCUT2D eigenvalue weighted by Crippen LogP contribution is 1.96. The Morgan fingerprint density at radius 1 is 1.55 bits per heavy atom. The van der Waals surface area contributed by atoms with Crippen LogP contribution in [0.15, 0.2) is 36.0 Å². The Kier molecular flexibility index (Phi) is 5.35. The molecule has 0 aliphatic heterocycles. The third-order valence-corrected chi connectivity index (χ3v) is 1.47. The fourth-order valence-electron chi connectivity index (χ4n) is 0.603. The average molecular weight is 148 g/mol. The lowest BCUT2D eigenvalue weighted by atomic mass is 9.72. The first-order valence-corrected chi connectivity index (χ1v) is 3.82. The third-order valence-electron chi connectivity index (χ3n) is 1.47. The van der Waals surface area contributed by atoms with Crippen LogP contribution in [0, 0.1) is 0 Å². The van der Waals surface area contributed by atoms with Crippen molar-refractivity contribution < 1.29 is 0 Å². The van der Waals surface area contributed by atoms with Gasteiger partial charge in [0.25, 0.3) is 0 Å². The molecule has 0 spiro atoms. The summed E-state index contributed by atoms with van der Waals surface area (Å²) in [4.78, 5) is 0. The molecule has 0 amide bonds. The minimum absolute atomic E-state index is 0.893. The predicted octanol–water partition coefficient (Wildman–Crippen LogP) is 2.06. The van der Waals surface area contributed by atoms with Crippen molar-refractivity contribution in [3.05, 3.63) is 36.0 Å². The lowest BCUT2D eigenvalue weighted by Gasteiger charge is -1.93. The van der Waals surface area contributed by atoms with Crippen molar-refractivity contribution in [1.82, 2.24) is 0 Å². The lowest BCUT2D eigenvalue weighted by Crippen LogP contribution is -1.94. The molecule has 0 saturated carbocycles. The summed E-state index contributed by atoms with van der Waals surface area (Å²) in [5.74, 6) is 0. The number of rotatable bonds is 4. The summed E-state index contributed by atoms with van der Waals surface area (Å²) in [6.45, 7) is 7.67. The molecule has 1 nitrogen and oxygen atoms in total. The number of nitrogens with two attached hydrogens (primary N) is 1. The molecule has 0 aromatic heterocycles. The van der Waals surface area contributed by atoms with Crippen LogP contribution in [0.2, 0.25) is 6.82 Å². The smallest absolute Gasteiger partial charge is 0.148 e. The molecule has 0 fully saturated rings. The van der Waals surface area contributed by atoms with Crippen LogP contribution in [-0.4, -0.2) is 7.28 Å². The van der Waals surface area contributed by atoms with Gasteiger partial charge in [-0.1, -0.05) is 38.0 Å². The molecule has 0 aromatic carbocycles. The summed E-state index contributed by atoms with van der Waals surface area (Å²) in [7, 11) is 1.99. The van der Waals surface area contributed by atoms with Gasteiger partial charge < -0.3 is 5.73 Å². The third kappa shape index (κ3) is 4.48. The highest BCUT2D eigenvalue weighted by molar-refractivity contribution is 6.44. The molecule has 0 aliphatic rings. The first kappa shape index (κ1) is 10.1. The number of hydrogen-bond acceptors (Lipinski definition) is 1. The van der Waals surface area contributed by atoms with Crippen LogP contribution in [0.3, 0.4) is 0 Å². The lowest BCUT2D eigenvalue weighted by molar-refractivity contribution is 1.07. The van der Waals surface area contributed by atoms with Crippen molar-refractivity contribution in [1.29, 1.82) is 0 Å². The molecule has 0 rings (SSSR count). The molecular formula is C9H15BN. The molecule has 0 aliphatic carbocycles.